The van der Waals surface area contributed by atoms with Gasteiger partial charge in [-0.15, -0.1) is 11.3 Å². The fraction of sp³-hybridized carbons (Fsp3) is 0.471. The monoisotopic (exact) mass is 322 g/mol. The van der Waals surface area contributed by atoms with E-state index in [4.69, 9.17) is 16.6 Å². The summed E-state index contributed by atoms with van der Waals surface area (Å²) in [6, 6.07) is 7.91. The average molecular weight is 323 g/mol. The highest BCUT2D eigenvalue weighted by atomic mass is 35.5. The number of halogens is 1. The summed E-state index contributed by atoms with van der Waals surface area (Å²) in [5.74, 6) is 0.411. The molecule has 2 rings (SSSR count). The molecule has 0 saturated carbocycles. The minimum absolute atomic E-state index is 0.1000. The molecule has 1 aromatic carbocycles. The Balaban J connectivity index is 2.36. The van der Waals surface area contributed by atoms with Crippen LogP contribution in [0.15, 0.2) is 24.3 Å². The van der Waals surface area contributed by atoms with Gasteiger partial charge < -0.3 is 5.32 Å². The molecule has 0 spiro atoms. The van der Waals surface area contributed by atoms with E-state index in [0.29, 0.717) is 5.92 Å². The molecule has 1 aromatic heterocycles. The van der Waals surface area contributed by atoms with Crippen LogP contribution in [0, 0.1) is 0 Å². The van der Waals surface area contributed by atoms with Gasteiger partial charge in [-0.25, -0.2) is 4.98 Å². The summed E-state index contributed by atoms with van der Waals surface area (Å²) in [4.78, 5) is 6.14. The van der Waals surface area contributed by atoms with Crippen molar-refractivity contribution in [2.24, 2.45) is 0 Å². The summed E-state index contributed by atoms with van der Waals surface area (Å²) >= 11 is 8.04. The first-order chi connectivity index (χ1) is 9.78. The van der Waals surface area contributed by atoms with Crippen LogP contribution < -0.4 is 5.32 Å². The predicted octanol–water partition coefficient (Wildman–Crippen LogP) is 5.48. The number of benzene rings is 1. The molecule has 0 aliphatic carbocycles. The van der Waals surface area contributed by atoms with Crippen molar-refractivity contribution in [2.45, 2.75) is 52.6 Å². The number of hydrogen-bond donors (Lipinski definition) is 1. The number of aromatic nitrogens is 1. The van der Waals surface area contributed by atoms with Crippen LogP contribution in [0.4, 0.5) is 0 Å². The molecule has 2 nitrogen and oxygen atoms in total. The molecule has 0 unspecified atom stereocenters. The molecular formula is C17H23ClN2S. The Labute approximate surface area is 136 Å². The molecule has 0 fully saturated rings. The van der Waals surface area contributed by atoms with Gasteiger partial charge in [0.15, 0.2) is 0 Å². The Kier molecular flexibility index (Phi) is 5.07. The van der Waals surface area contributed by atoms with E-state index >= 15 is 0 Å². The van der Waals surface area contributed by atoms with Crippen LogP contribution in [-0.4, -0.2) is 10.5 Å². The zero-order chi connectivity index (χ0) is 15.6. The average Bonchev–Trinajstić information content (AvgIpc) is 2.80. The number of nitrogens with one attached hydrogen (secondary N) is 1. The zero-order valence-electron chi connectivity index (χ0n) is 13.3. The maximum absolute atomic E-state index is 6.30. The molecule has 0 atom stereocenters. The standard InChI is InChI=1S/C17H23ClN2S/c1-11(2)15-14(10-19-17(3,4)5)21-16(20-15)12-8-6-7-9-13(12)18/h6-9,11,19H,10H2,1-5H3. The number of hydrogen-bond acceptors (Lipinski definition) is 3. The zero-order valence-corrected chi connectivity index (χ0v) is 14.9. The smallest absolute Gasteiger partial charge is 0.125 e. The number of nitrogens with zero attached hydrogens (tertiary/aromatic N) is 1. The molecule has 1 heterocycles. The molecule has 0 amide bonds. The highest BCUT2D eigenvalue weighted by Crippen LogP contribution is 2.35. The van der Waals surface area contributed by atoms with Crippen molar-refractivity contribution in [1.29, 1.82) is 0 Å². The van der Waals surface area contributed by atoms with E-state index in [9.17, 15) is 0 Å². The third-order valence-electron chi connectivity index (χ3n) is 3.16. The van der Waals surface area contributed by atoms with Crippen molar-refractivity contribution in [3.63, 3.8) is 0 Å². The van der Waals surface area contributed by atoms with Crippen LogP contribution in [-0.2, 0) is 6.54 Å². The lowest BCUT2D eigenvalue weighted by molar-refractivity contribution is 0.425. The van der Waals surface area contributed by atoms with E-state index < -0.39 is 0 Å². The van der Waals surface area contributed by atoms with Gasteiger partial charge in [-0.1, -0.05) is 43.6 Å². The van der Waals surface area contributed by atoms with Gasteiger partial charge in [-0.3, -0.25) is 0 Å². The quantitative estimate of drug-likeness (QED) is 0.806. The summed E-state index contributed by atoms with van der Waals surface area (Å²) in [5.41, 5.74) is 2.29. The first-order valence-corrected chi connectivity index (χ1v) is 8.47. The fourth-order valence-corrected chi connectivity index (χ4v) is 3.51. The van der Waals surface area contributed by atoms with Crippen LogP contribution in [0.1, 0.15) is 51.1 Å². The van der Waals surface area contributed by atoms with Gasteiger partial charge in [0.1, 0.15) is 5.01 Å². The normalized spacial score (nSPS) is 12.1. The maximum atomic E-state index is 6.30. The summed E-state index contributed by atoms with van der Waals surface area (Å²) in [6.45, 7) is 11.8. The van der Waals surface area contributed by atoms with E-state index in [0.717, 1.165) is 22.1 Å². The van der Waals surface area contributed by atoms with Crippen LogP contribution in [0.2, 0.25) is 5.02 Å². The highest BCUT2D eigenvalue weighted by Gasteiger charge is 2.18. The third-order valence-corrected chi connectivity index (χ3v) is 4.59. The number of thiazole rings is 1. The van der Waals surface area contributed by atoms with Gasteiger partial charge in [-0.2, -0.15) is 0 Å². The molecule has 0 saturated heterocycles. The lowest BCUT2D eigenvalue weighted by Crippen LogP contribution is -2.35. The molecular weight excluding hydrogens is 300 g/mol. The second-order valence-corrected chi connectivity index (χ2v) is 8.06. The summed E-state index contributed by atoms with van der Waals surface area (Å²) in [6.07, 6.45) is 0. The third kappa shape index (κ3) is 4.29. The second kappa shape index (κ2) is 6.47. The Morgan fingerprint density at radius 3 is 2.48 bits per heavy atom. The van der Waals surface area contributed by atoms with Crippen LogP contribution in [0.3, 0.4) is 0 Å². The molecule has 0 radical (unpaired) electrons. The van der Waals surface area contributed by atoms with Crippen molar-refractivity contribution in [3.05, 3.63) is 39.9 Å². The molecule has 0 bridgehead atoms. The van der Waals surface area contributed by atoms with Crippen molar-refractivity contribution in [1.82, 2.24) is 10.3 Å². The molecule has 0 aliphatic rings. The summed E-state index contributed by atoms with van der Waals surface area (Å²) < 4.78 is 0. The number of rotatable bonds is 4. The van der Waals surface area contributed by atoms with Crippen molar-refractivity contribution in [3.8, 4) is 10.6 Å². The molecule has 21 heavy (non-hydrogen) atoms. The lowest BCUT2D eigenvalue weighted by Gasteiger charge is -2.20. The van der Waals surface area contributed by atoms with Crippen molar-refractivity contribution >= 4 is 22.9 Å². The molecule has 1 N–H and O–H groups in total. The minimum Gasteiger partial charge on any atom is -0.307 e. The van der Waals surface area contributed by atoms with Crippen LogP contribution in [0.5, 0.6) is 0 Å². The van der Waals surface area contributed by atoms with Gasteiger partial charge in [0.2, 0.25) is 0 Å². The van der Waals surface area contributed by atoms with Gasteiger partial charge in [0.25, 0.3) is 0 Å². The molecule has 114 valence electrons. The lowest BCUT2D eigenvalue weighted by atomic mass is 10.1. The molecule has 0 aliphatic heterocycles. The van der Waals surface area contributed by atoms with E-state index in [2.05, 4.69) is 39.9 Å². The van der Waals surface area contributed by atoms with Crippen LogP contribution >= 0.6 is 22.9 Å². The predicted molar refractivity (Wildman–Crippen MR) is 93.2 cm³/mol. The van der Waals surface area contributed by atoms with Gasteiger partial charge >= 0.3 is 0 Å². The summed E-state index contributed by atoms with van der Waals surface area (Å²) in [7, 11) is 0. The first kappa shape index (κ1) is 16.5. The largest absolute Gasteiger partial charge is 0.307 e. The van der Waals surface area contributed by atoms with Crippen LogP contribution in [0.25, 0.3) is 10.6 Å². The SMILES string of the molecule is CC(C)c1nc(-c2ccccc2Cl)sc1CNC(C)(C)C. The Bertz CT molecular complexity index is 611. The second-order valence-electron chi connectivity index (χ2n) is 6.57. The van der Waals surface area contributed by atoms with Gasteiger partial charge in [0, 0.05) is 22.5 Å². The Morgan fingerprint density at radius 1 is 1.24 bits per heavy atom. The molecule has 2 aromatic rings. The topological polar surface area (TPSA) is 24.9 Å². The molecule has 4 heteroatoms. The van der Waals surface area contributed by atoms with E-state index in [1.54, 1.807) is 11.3 Å². The fourth-order valence-electron chi connectivity index (χ4n) is 2.04. The van der Waals surface area contributed by atoms with Crippen molar-refractivity contribution in [2.75, 3.05) is 0 Å². The minimum atomic E-state index is 0.1000. The Hall–Kier alpha value is -0.900. The summed E-state index contributed by atoms with van der Waals surface area (Å²) in [5, 5.41) is 5.32. The van der Waals surface area contributed by atoms with Gasteiger partial charge in [-0.05, 0) is 32.8 Å². The van der Waals surface area contributed by atoms with Crippen molar-refractivity contribution < 1.29 is 0 Å². The van der Waals surface area contributed by atoms with E-state index in [-0.39, 0.29) is 5.54 Å². The Morgan fingerprint density at radius 2 is 1.90 bits per heavy atom. The van der Waals surface area contributed by atoms with E-state index in [1.807, 2.05) is 24.3 Å². The highest BCUT2D eigenvalue weighted by molar-refractivity contribution is 7.15. The maximum Gasteiger partial charge on any atom is 0.125 e. The van der Waals surface area contributed by atoms with Gasteiger partial charge in [0.05, 0.1) is 10.7 Å². The first-order valence-electron chi connectivity index (χ1n) is 7.27. The van der Waals surface area contributed by atoms with E-state index in [1.165, 1.54) is 10.6 Å².